The quantitative estimate of drug-likeness (QED) is 0.441. The first-order valence-corrected chi connectivity index (χ1v) is 6.63. The van der Waals surface area contributed by atoms with E-state index in [1.54, 1.807) is 0 Å². The summed E-state index contributed by atoms with van der Waals surface area (Å²) in [6, 6.07) is 4.48. The molecule has 0 bridgehead atoms. The Kier molecular flexibility index (Phi) is 7.62. The molecule has 0 fully saturated rings. The first-order chi connectivity index (χ1) is 11.4. The zero-order valence-electron chi connectivity index (χ0n) is 12.4. The average molecular weight is 358 g/mol. The molecule has 10 heteroatoms. The van der Waals surface area contributed by atoms with E-state index in [9.17, 15) is 18.4 Å². The molecule has 0 aliphatic rings. The molecule has 25 heavy (non-hydrogen) atoms. The van der Waals surface area contributed by atoms with Gasteiger partial charge in [-0.1, -0.05) is 0 Å². The predicted octanol–water partition coefficient (Wildman–Crippen LogP) is 1.96. The van der Waals surface area contributed by atoms with Crippen molar-refractivity contribution in [2.75, 3.05) is 5.32 Å². The number of halogens is 2. The number of amides is 2. The summed E-state index contributed by atoms with van der Waals surface area (Å²) in [6.45, 7) is 1.46. The maximum atomic E-state index is 13.0. The number of aromatic carboxylic acids is 1. The number of carboxylic acids is 1. The van der Waals surface area contributed by atoms with Gasteiger partial charge in [-0.05, 0) is 31.2 Å². The Morgan fingerprint density at radius 1 is 1.20 bits per heavy atom. The van der Waals surface area contributed by atoms with E-state index in [1.807, 2.05) is 0 Å². The van der Waals surface area contributed by atoms with Crippen LogP contribution in [0.25, 0.3) is 0 Å². The second-order valence-corrected chi connectivity index (χ2v) is 4.63. The number of aromatic nitrogens is 1. The van der Waals surface area contributed by atoms with Gasteiger partial charge in [0.05, 0.1) is 11.3 Å². The molecule has 7 nitrogen and oxygen atoms in total. The van der Waals surface area contributed by atoms with Crippen LogP contribution >= 0.6 is 0 Å². The van der Waals surface area contributed by atoms with Gasteiger partial charge in [0.2, 0.25) is 0 Å². The number of rotatable bonds is 4. The Hall–Kier alpha value is -2.36. The molecule has 0 saturated carbocycles. The van der Waals surface area contributed by atoms with Gasteiger partial charge in [-0.25, -0.2) is 23.8 Å². The molecule has 0 aliphatic carbocycles. The number of hydrogen-bond acceptors (Lipinski definition) is 4. The zero-order chi connectivity index (χ0) is 17.7. The summed E-state index contributed by atoms with van der Waals surface area (Å²) in [7, 11) is 0. The van der Waals surface area contributed by atoms with E-state index in [2.05, 4.69) is 20.8 Å². The van der Waals surface area contributed by atoms with Crippen molar-refractivity contribution < 1.29 is 23.5 Å². The Morgan fingerprint density at radius 2 is 1.84 bits per heavy atom. The Labute approximate surface area is 163 Å². The molecular weight excluding hydrogens is 345 g/mol. The van der Waals surface area contributed by atoms with Gasteiger partial charge in [0, 0.05) is 18.0 Å². The van der Waals surface area contributed by atoms with Crippen LogP contribution in [0.5, 0.6) is 0 Å². The van der Waals surface area contributed by atoms with E-state index < -0.39 is 23.6 Å². The number of hydrazone groups is 1. The van der Waals surface area contributed by atoms with Gasteiger partial charge in [-0.3, -0.25) is 4.98 Å². The SMILES string of the molecule is C/C(=N\NC(=O)Nc1cc(F)cc(F)c1)c1ncccc1C(=O)O.[NaH]. The Bertz CT molecular complexity index is 810. The molecule has 1 aromatic heterocycles. The van der Waals surface area contributed by atoms with Crippen LogP contribution in [0.3, 0.4) is 0 Å². The summed E-state index contributed by atoms with van der Waals surface area (Å²) in [6.07, 6.45) is 1.39. The van der Waals surface area contributed by atoms with E-state index >= 15 is 0 Å². The van der Waals surface area contributed by atoms with E-state index in [1.165, 1.54) is 25.3 Å². The molecule has 1 aromatic carbocycles. The number of benzene rings is 1. The van der Waals surface area contributed by atoms with Gasteiger partial charge in [-0.2, -0.15) is 5.10 Å². The normalized spacial score (nSPS) is 10.6. The number of carbonyl (C=O) groups excluding carboxylic acids is 1. The number of nitrogens with zero attached hydrogens (tertiary/aromatic N) is 2. The first kappa shape index (κ1) is 20.7. The van der Waals surface area contributed by atoms with Crippen LogP contribution in [0.2, 0.25) is 0 Å². The molecule has 126 valence electrons. The zero-order valence-corrected chi connectivity index (χ0v) is 12.4. The van der Waals surface area contributed by atoms with Crippen molar-refractivity contribution in [3.8, 4) is 0 Å². The standard InChI is InChI=1S/C15H12F2N4O3.Na.H/c1-8(13-12(14(22)23)3-2-4-18-13)20-21-15(24)19-11-6-9(16)5-10(17)7-11;;/h2-7H,1H3,(H,22,23)(H2,19,21,24);;/b20-8+;;. The topological polar surface area (TPSA) is 104 Å². The number of urea groups is 1. The fourth-order valence-electron chi connectivity index (χ4n) is 1.84. The van der Waals surface area contributed by atoms with Crippen LogP contribution in [0.15, 0.2) is 41.6 Å². The molecule has 0 aliphatic heterocycles. The van der Waals surface area contributed by atoms with Gasteiger partial charge in [0.1, 0.15) is 17.3 Å². The number of carboxylic acid groups (broad SMARTS) is 1. The van der Waals surface area contributed by atoms with E-state index in [0.717, 1.165) is 12.1 Å². The molecule has 1 heterocycles. The van der Waals surface area contributed by atoms with Crippen molar-refractivity contribution in [3.63, 3.8) is 0 Å². The fraction of sp³-hybridized carbons (Fsp3) is 0.0667. The van der Waals surface area contributed by atoms with E-state index in [-0.39, 0.29) is 52.2 Å². The molecule has 3 N–H and O–H groups in total. The van der Waals surface area contributed by atoms with Gasteiger partial charge in [0.25, 0.3) is 0 Å². The molecule has 0 saturated heterocycles. The second kappa shape index (κ2) is 9.21. The van der Waals surface area contributed by atoms with Crippen molar-refractivity contribution in [1.29, 1.82) is 0 Å². The Balaban J connectivity index is 0.00000312. The average Bonchev–Trinajstić information content (AvgIpc) is 2.51. The van der Waals surface area contributed by atoms with Crippen molar-refractivity contribution >= 4 is 53.0 Å². The number of hydrogen-bond donors (Lipinski definition) is 3. The van der Waals surface area contributed by atoms with Crippen molar-refractivity contribution in [2.24, 2.45) is 5.10 Å². The van der Waals surface area contributed by atoms with Crippen molar-refractivity contribution in [2.45, 2.75) is 6.92 Å². The number of nitrogens with one attached hydrogen (secondary N) is 2. The van der Waals surface area contributed by atoms with Crippen LogP contribution in [0.1, 0.15) is 23.0 Å². The summed E-state index contributed by atoms with van der Waals surface area (Å²) in [5.74, 6) is -2.87. The fourth-order valence-corrected chi connectivity index (χ4v) is 1.84. The first-order valence-electron chi connectivity index (χ1n) is 6.63. The molecule has 0 atom stereocenters. The van der Waals surface area contributed by atoms with E-state index in [0.29, 0.717) is 6.07 Å². The summed E-state index contributed by atoms with van der Waals surface area (Å²) in [5, 5.41) is 15.0. The van der Waals surface area contributed by atoms with Crippen molar-refractivity contribution in [3.05, 3.63) is 59.4 Å². The third-order valence-corrected chi connectivity index (χ3v) is 2.83. The monoisotopic (exact) mass is 358 g/mol. The predicted molar refractivity (Wildman–Crippen MR) is 89.1 cm³/mol. The molecule has 2 amide bonds. The molecule has 2 rings (SSSR count). The van der Waals surface area contributed by atoms with Gasteiger partial charge >= 0.3 is 41.6 Å². The molecule has 0 radical (unpaired) electrons. The van der Waals surface area contributed by atoms with Gasteiger partial charge < -0.3 is 10.4 Å². The van der Waals surface area contributed by atoms with Crippen LogP contribution < -0.4 is 10.7 Å². The minimum absolute atomic E-state index is 0. The summed E-state index contributed by atoms with van der Waals surface area (Å²) in [5.41, 5.74) is 2.16. The summed E-state index contributed by atoms with van der Waals surface area (Å²) >= 11 is 0. The Morgan fingerprint density at radius 3 is 2.44 bits per heavy atom. The maximum absolute atomic E-state index is 13.0. The number of anilines is 1. The third-order valence-electron chi connectivity index (χ3n) is 2.83. The molecule has 0 unspecified atom stereocenters. The van der Waals surface area contributed by atoms with Crippen LogP contribution in [0, 0.1) is 11.6 Å². The summed E-state index contributed by atoms with van der Waals surface area (Å²) < 4.78 is 26.1. The van der Waals surface area contributed by atoms with Crippen molar-refractivity contribution in [1.82, 2.24) is 10.4 Å². The van der Waals surface area contributed by atoms with Crippen LogP contribution in [-0.2, 0) is 0 Å². The van der Waals surface area contributed by atoms with Gasteiger partial charge in [0.15, 0.2) is 0 Å². The van der Waals surface area contributed by atoms with Gasteiger partial charge in [-0.15, -0.1) is 0 Å². The second-order valence-electron chi connectivity index (χ2n) is 4.63. The minimum atomic E-state index is -1.19. The third kappa shape index (κ3) is 5.89. The molecule has 0 spiro atoms. The molecule has 2 aromatic rings. The van der Waals surface area contributed by atoms with Crippen LogP contribution in [-0.4, -0.2) is 57.4 Å². The number of pyridine rings is 1. The summed E-state index contributed by atoms with van der Waals surface area (Å²) in [4.78, 5) is 26.7. The van der Waals surface area contributed by atoms with Crippen LogP contribution in [0.4, 0.5) is 19.3 Å². The molecular formula is C15H13F2N4NaO3. The van der Waals surface area contributed by atoms with E-state index in [4.69, 9.17) is 5.11 Å². The number of carbonyl (C=O) groups is 2.